The quantitative estimate of drug-likeness (QED) is 0.927. The van der Waals surface area contributed by atoms with Gasteiger partial charge in [-0.2, -0.15) is 0 Å². The third-order valence-corrected chi connectivity index (χ3v) is 3.56. The van der Waals surface area contributed by atoms with Gasteiger partial charge in [-0.15, -0.1) is 12.4 Å². The van der Waals surface area contributed by atoms with Crippen molar-refractivity contribution in [3.05, 3.63) is 28.5 Å². The Balaban J connectivity index is 0.00000144. The summed E-state index contributed by atoms with van der Waals surface area (Å²) in [5.41, 5.74) is 1.15. The number of pyridine rings is 1. The number of piperidine rings is 1. The van der Waals surface area contributed by atoms with E-state index < -0.39 is 0 Å². The maximum Gasteiger partial charge on any atom is 0.0544 e. The summed E-state index contributed by atoms with van der Waals surface area (Å²) in [7, 11) is 2.05. The van der Waals surface area contributed by atoms with Crippen molar-refractivity contribution in [2.45, 2.75) is 25.4 Å². The van der Waals surface area contributed by atoms with Crippen molar-refractivity contribution in [1.29, 1.82) is 0 Å². The van der Waals surface area contributed by atoms with Gasteiger partial charge in [0.15, 0.2) is 0 Å². The molecule has 1 N–H and O–H groups in total. The lowest BCUT2D eigenvalue weighted by Gasteiger charge is -2.32. The fraction of sp³-hybridized carbons (Fsp3) is 0.583. The number of likely N-dealkylation sites (tertiary alicyclic amines) is 1. The van der Waals surface area contributed by atoms with Crippen molar-refractivity contribution in [2.24, 2.45) is 0 Å². The van der Waals surface area contributed by atoms with Gasteiger partial charge in [-0.05, 0) is 54.5 Å². The van der Waals surface area contributed by atoms with E-state index in [1.165, 1.54) is 19.4 Å². The first-order valence-electron chi connectivity index (χ1n) is 5.78. The molecule has 0 radical (unpaired) electrons. The van der Waals surface area contributed by atoms with E-state index in [4.69, 9.17) is 0 Å². The fourth-order valence-electron chi connectivity index (χ4n) is 2.16. The molecule has 96 valence electrons. The van der Waals surface area contributed by atoms with Gasteiger partial charge >= 0.3 is 0 Å². The predicted molar refractivity (Wildman–Crippen MR) is 76.5 cm³/mol. The van der Waals surface area contributed by atoms with Crippen LogP contribution in [0.25, 0.3) is 0 Å². The minimum Gasteiger partial charge on any atom is -0.316 e. The Bertz CT molecular complexity index is 331. The number of hydrogen-bond donors (Lipinski definition) is 1. The average Bonchev–Trinajstić information content (AvgIpc) is 2.32. The van der Waals surface area contributed by atoms with Crippen LogP contribution in [-0.4, -0.2) is 36.1 Å². The summed E-state index contributed by atoms with van der Waals surface area (Å²) >= 11 is 3.41. The van der Waals surface area contributed by atoms with E-state index in [-0.39, 0.29) is 12.4 Å². The molecule has 2 heterocycles. The standard InChI is InChI=1S/C12H18BrN3.ClH/c1-14-11-3-2-6-16(8-11)9-12-5-4-10(13)7-15-12;/h4-5,7,11,14H,2-3,6,8-9H2,1H3;1H. The largest absolute Gasteiger partial charge is 0.316 e. The number of nitrogens with zero attached hydrogens (tertiary/aromatic N) is 2. The van der Waals surface area contributed by atoms with Crippen molar-refractivity contribution in [3.63, 3.8) is 0 Å². The van der Waals surface area contributed by atoms with Crippen molar-refractivity contribution >= 4 is 28.3 Å². The van der Waals surface area contributed by atoms with E-state index in [0.717, 1.165) is 23.3 Å². The lowest BCUT2D eigenvalue weighted by Crippen LogP contribution is -2.43. The van der Waals surface area contributed by atoms with Gasteiger partial charge in [0, 0.05) is 29.8 Å². The summed E-state index contributed by atoms with van der Waals surface area (Å²) < 4.78 is 1.04. The second-order valence-corrected chi connectivity index (χ2v) is 5.25. The molecule has 0 amide bonds. The summed E-state index contributed by atoms with van der Waals surface area (Å²) in [6.45, 7) is 3.29. The smallest absolute Gasteiger partial charge is 0.0544 e. The van der Waals surface area contributed by atoms with Crippen LogP contribution in [-0.2, 0) is 6.54 Å². The predicted octanol–water partition coefficient (Wildman–Crippen LogP) is 2.45. The van der Waals surface area contributed by atoms with Crippen LogP contribution in [0.5, 0.6) is 0 Å². The topological polar surface area (TPSA) is 28.2 Å². The van der Waals surface area contributed by atoms with Gasteiger partial charge in [-0.1, -0.05) is 0 Å². The minimum absolute atomic E-state index is 0. The van der Waals surface area contributed by atoms with E-state index >= 15 is 0 Å². The number of nitrogens with one attached hydrogen (secondary N) is 1. The Morgan fingerprint density at radius 3 is 3.00 bits per heavy atom. The Morgan fingerprint density at radius 2 is 2.35 bits per heavy atom. The lowest BCUT2D eigenvalue weighted by molar-refractivity contribution is 0.186. The molecule has 1 saturated heterocycles. The van der Waals surface area contributed by atoms with Gasteiger partial charge in [0.1, 0.15) is 0 Å². The highest BCUT2D eigenvalue weighted by Gasteiger charge is 2.18. The van der Waals surface area contributed by atoms with Crippen LogP contribution in [0.1, 0.15) is 18.5 Å². The van der Waals surface area contributed by atoms with Crippen LogP contribution in [0.4, 0.5) is 0 Å². The van der Waals surface area contributed by atoms with Crippen LogP contribution < -0.4 is 5.32 Å². The lowest BCUT2D eigenvalue weighted by atomic mass is 10.1. The molecule has 0 bridgehead atoms. The third-order valence-electron chi connectivity index (χ3n) is 3.09. The SMILES string of the molecule is CNC1CCCN(Cc2ccc(Br)cn2)C1.Cl. The molecule has 1 aliphatic heterocycles. The van der Waals surface area contributed by atoms with Crippen LogP contribution in [0.3, 0.4) is 0 Å². The summed E-state index contributed by atoms with van der Waals surface area (Å²) in [6, 6.07) is 4.79. The Hall–Kier alpha value is -0.160. The van der Waals surface area contributed by atoms with E-state index in [9.17, 15) is 0 Å². The molecule has 0 aliphatic carbocycles. The summed E-state index contributed by atoms with van der Waals surface area (Å²) in [5, 5.41) is 3.36. The van der Waals surface area contributed by atoms with Gasteiger partial charge in [0.2, 0.25) is 0 Å². The highest BCUT2D eigenvalue weighted by Crippen LogP contribution is 2.14. The first-order valence-corrected chi connectivity index (χ1v) is 6.57. The molecule has 1 aliphatic rings. The molecule has 1 aromatic heterocycles. The van der Waals surface area contributed by atoms with E-state index in [1.807, 2.05) is 13.2 Å². The van der Waals surface area contributed by atoms with Crippen molar-refractivity contribution < 1.29 is 0 Å². The normalized spacial score (nSPS) is 20.9. The summed E-state index contributed by atoms with van der Waals surface area (Å²) in [4.78, 5) is 6.89. The second kappa shape index (κ2) is 7.31. The molecule has 5 heteroatoms. The van der Waals surface area contributed by atoms with Gasteiger partial charge < -0.3 is 5.32 Å². The Kier molecular flexibility index (Phi) is 6.41. The number of hydrogen-bond acceptors (Lipinski definition) is 3. The number of likely N-dealkylation sites (N-methyl/N-ethyl adjacent to an activating group) is 1. The zero-order chi connectivity index (χ0) is 11.4. The van der Waals surface area contributed by atoms with Crippen molar-refractivity contribution in [3.8, 4) is 0 Å². The van der Waals surface area contributed by atoms with Crippen LogP contribution in [0.2, 0.25) is 0 Å². The maximum atomic E-state index is 4.41. The van der Waals surface area contributed by atoms with Crippen LogP contribution in [0.15, 0.2) is 22.8 Å². The molecule has 1 atom stereocenters. The molecule has 0 saturated carbocycles. The molecule has 0 aromatic carbocycles. The zero-order valence-corrected chi connectivity index (χ0v) is 12.4. The Morgan fingerprint density at radius 1 is 1.53 bits per heavy atom. The molecule has 1 fully saturated rings. The van der Waals surface area contributed by atoms with E-state index in [2.05, 4.69) is 43.3 Å². The minimum atomic E-state index is 0. The van der Waals surface area contributed by atoms with Gasteiger partial charge in [-0.3, -0.25) is 9.88 Å². The second-order valence-electron chi connectivity index (χ2n) is 4.33. The summed E-state index contributed by atoms with van der Waals surface area (Å²) in [5.74, 6) is 0. The average molecular weight is 321 g/mol. The van der Waals surface area contributed by atoms with Crippen LogP contribution in [0, 0.1) is 0 Å². The molecule has 0 spiro atoms. The van der Waals surface area contributed by atoms with Crippen molar-refractivity contribution in [1.82, 2.24) is 15.2 Å². The van der Waals surface area contributed by atoms with E-state index in [1.54, 1.807) is 0 Å². The van der Waals surface area contributed by atoms with E-state index in [0.29, 0.717) is 6.04 Å². The molecule has 17 heavy (non-hydrogen) atoms. The summed E-state index contributed by atoms with van der Waals surface area (Å²) in [6.07, 6.45) is 4.44. The third kappa shape index (κ3) is 4.54. The molecular weight excluding hydrogens is 302 g/mol. The monoisotopic (exact) mass is 319 g/mol. The fourth-order valence-corrected chi connectivity index (χ4v) is 2.40. The first-order chi connectivity index (χ1) is 7.78. The molecule has 1 aromatic rings. The molecular formula is C12H19BrClN3. The Labute approximate surface area is 118 Å². The van der Waals surface area contributed by atoms with Gasteiger partial charge in [0.25, 0.3) is 0 Å². The number of rotatable bonds is 3. The number of halogens is 2. The highest BCUT2D eigenvalue weighted by atomic mass is 79.9. The van der Waals surface area contributed by atoms with Gasteiger partial charge in [0.05, 0.1) is 5.69 Å². The first kappa shape index (κ1) is 14.9. The molecule has 3 nitrogen and oxygen atoms in total. The molecule has 2 rings (SSSR count). The molecule has 1 unspecified atom stereocenters. The zero-order valence-electron chi connectivity index (χ0n) is 10.0. The maximum absolute atomic E-state index is 4.41. The highest BCUT2D eigenvalue weighted by molar-refractivity contribution is 9.10. The number of aromatic nitrogens is 1. The van der Waals surface area contributed by atoms with Crippen LogP contribution >= 0.6 is 28.3 Å². The van der Waals surface area contributed by atoms with Crippen molar-refractivity contribution in [2.75, 3.05) is 20.1 Å². The van der Waals surface area contributed by atoms with Gasteiger partial charge in [-0.25, -0.2) is 0 Å².